The van der Waals surface area contributed by atoms with Gasteiger partial charge in [0.05, 0.1) is 5.60 Å². The van der Waals surface area contributed by atoms with Crippen molar-refractivity contribution in [3.8, 4) is 5.75 Å². The molecule has 0 radical (unpaired) electrons. The van der Waals surface area contributed by atoms with Crippen LogP contribution in [-0.4, -0.2) is 23.4 Å². The molecule has 1 rings (SSSR count). The van der Waals surface area contributed by atoms with Gasteiger partial charge in [-0.05, 0) is 26.0 Å². The predicted octanol–water partition coefficient (Wildman–Crippen LogP) is 2.99. The van der Waals surface area contributed by atoms with E-state index < -0.39 is 5.60 Å². The number of hydrogen-bond acceptors (Lipinski definition) is 3. The van der Waals surface area contributed by atoms with Gasteiger partial charge < -0.3 is 15.2 Å². The second-order valence-corrected chi connectivity index (χ2v) is 5.76. The van der Waals surface area contributed by atoms with Crippen LogP contribution in [0.3, 0.4) is 0 Å². The van der Waals surface area contributed by atoms with Crippen molar-refractivity contribution < 1.29 is 9.84 Å². The van der Waals surface area contributed by atoms with Crippen molar-refractivity contribution >= 4 is 11.6 Å². The average molecular weight is 272 g/mol. The zero-order valence-corrected chi connectivity index (χ0v) is 12.2. The van der Waals surface area contributed by atoms with Crippen LogP contribution in [0, 0.1) is 0 Å². The first-order chi connectivity index (χ1) is 8.29. The third kappa shape index (κ3) is 5.25. The maximum absolute atomic E-state index is 9.68. The quantitative estimate of drug-likeness (QED) is 0.836. The van der Waals surface area contributed by atoms with Gasteiger partial charge >= 0.3 is 0 Å². The van der Waals surface area contributed by atoms with E-state index in [2.05, 4.69) is 19.2 Å². The Bertz CT molecular complexity index is 386. The van der Waals surface area contributed by atoms with Gasteiger partial charge in [-0.2, -0.15) is 0 Å². The molecule has 18 heavy (non-hydrogen) atoms. The van der Waals surface area contributed by atoms with E-state index in [0.717, 1.165) is 11.3 Å². The number of rotatable bonds is 6. The first kappa shape index (κ1) is 15.3. The minimum atomic E-state index is -0.856. The monoisotopic (exact) mass is 271 g/mol. The van der Waals surface area contributed by atoms with E-state index in [4.69, 9.17) is 16.3 Å². The van der Waals surface area contributed by atoms with E-state index in [1.54, 1.807) is 13.8 Å². The van der Waals surface area contributed by atoms with E-state index in [1.807, 2.05) is 18.2 Å². The number of halogens is 1. The fraction of sp³-hybridized carbons (Fsp3) is 0.571. The molecule has 0 saturated carbocycles. The van der Waals surface area contributed by atoms with Gasteiger partial charge in [0.25, 0.3) is 0 Å². The highest BCUT2D eigenvalue weighted by Crippen LogP contribution is 2.27. The second kappa shape index (κ2) is 6.41. The summed E-state index contributed by atoms with van der Waals surface area (Å²) in [6.07, 6.45) is 0. The van der Waals surface area contributed by atoms with Gasteiger partial charge in [-0.3, -0.25) is 0 Å². The zero-order valence-electron chi connectivity index (χ0n) is 11.5. The molecular formula is C14H22ClNO2. The van der Waals surface area contributed by atoms with E-state index in [0.29, 0.717) is 17.6 Å². The van der Waals surface area contributed by atoms with Crippen molar-refractivity contribution in [3.63, 3.8) is 0 Å². The average Bonchev–Trinajstić information content (AvgIpc) is 2.23. The van der Waals surface area contributed by atoms with E-state index in [-0.39, 0.29) is 6.61 Å². The minimum Gasteiger partial charge on any atom is -0.490 e. The molecule has 1 aromatic carbocycles. The second-order valence-electron chi connectivity index (χ2n) is 5.35. The Labute approximate surface area is 114 Å². The molecule has 102 valence electrons. The summed E-state index contributed by atoms with van der Waals surface area (Å²) in [5, 5.41) is 13.7. The summed E-state index contributed by atoms with van der Waals surface area (Å²) in [6.45, 7) is 8.47. The lowest BCUT2D eigenvalue weighted by Gasteiger charge is -2.20. The first-order valence-electron chi connectivity index (χ1n) is 6.15. The van der Waals surface area contributed by atoms with Crippen molar-refractivity contribution in [2.75, 3.05) is 6.61 Å². The van der Waals surface area contributed by atoms with E-state index in [9.17, 15) is 5.11 Å². The summed E-state index contributed by atoms with van der Waals surface area (Å²) in [4.78, 5) is 0. The molecule has 0 fully saturated rings. The molecule has 4 heteroatoms. The van der Waals surface area contributed by atoms with Crippen LogP contribution in [0.1, 0.15) is 33.3 Å². The molecule has 1 aromatic rings. The van der Waals surface area contributed by atoms with Gasteiger partial charge in [0.1, 0.15) is 12.4 Å². The van der Waals surface area contributed by atoms with Crippen LogP contribution in [0.2, 0.25) is 5.02 Å². The van der Waals surface area contributed by atoms with Gasteiger partial charge in [0.15, 0.2) is 0 Å². The summed E-state index contributed by atoms with van der Waals surface area (Å²) < 4.78 is 5.64. The van der Waals surface area contributed by atoms with E-state index in [1.165, 1.54) is 0 Å². The molecule has 0 aliphatic heterocycles. The van der Waals surface area contributed by atoms with Gasteiger partial charge in [0, 0.05) is 23.2 Å². The van der Waals surface area contributed by atoms with Gasteiger partial charge in [-0.25, -0.2) is 0 Å². The van der Waals surface area contributed by atoms with Crippen LogP contribution < -0.4 is 10.1 Å². The Morgan fingerprint density at radius 2 is 2.06 bits per heavy atom. The molecule has 0 unspecified atom stereocenters. The largest absolute Gasteiger partial charge is 0.490 e. The van der Waals surface area contributed by atoms with E-state index >= 15 is 0 Å². The molecule has 0 aromatic heterocycles. The van der Waals surface area contributed by atoms with Crippen molar-refractivity contribution in [3.05, 3.63) is 28.8 Å². The smallest absolute Gasteiger partial charge is 0.125 e. The topological polar surface area (TPSA) is 41.5 Å². The Morgan fingerprint density at radius 3 is 2.61 bits per heavy atom. The van der Waals surface area contributed by atoms with Crippen molar-refractivity contribution in [2.45, 2.75) is 45.9 Å². The first-order valence-corrected chi connectivity index (χ1v) is 6.53. The summed E-state index contributed by atoms with van der Waals surface area (Å²) in [6, 6.07) is 5.94. The summed E-state index contributed by atoms with van der Waals surface area (Å²) in [5.74, 6) is 0.720. The number of benzene rings is 1. The Hall–Kier alpha value is -0.770. The summed E-state index contributed by atoms with van der Waals surface area (Å²) >= 11 is 6.18. The Balaban J connectivity index is 2.80. The van der Waals surface area contributed by atoms with Crippen LogP contribution in [0.4, 0.5) is 0 Å². The Kier molecular flexibility index (Phi) is 5.45. The molecule has 3 nitrogen and oxygen atoms in total. The third-order valence-corrected chi connectivity index (χ3v) is 2.70. The fourth-order valence-electron chi connectivity index (χ4n) is 1.41. The zero-order chi connectivity index (χ0) is 13.8. The molecule has 0 saturated heterocycles. The number of nitrogens with one attached hydrogen (secondary N) is 1. The number of hydrogen-bond donors (Lipinski definition) is 2. The summed E-state index contributed by atoms with van der Waals surface area (Å²) in [5.41, 5.74) is 0.0718. The molecule has 0 aliphatic carbocycles. The highest BCUT2D eigenvalue weighted by Gasteiger charge is 2.15. The van der Waals surface area contributed by atoms with Crippen LogP contribution in [0.5, 0.6) is 5.75 Å². The molecule has 0 spiro atoms. The standard InChI is InChI=1S/C14H22ClNO2/c1-10(2)16-8-11-12(15)6-5-7-13(11)18-9-14(3,4)17/h5-7,10,16-17H,8-9H2,1-4H3. The minimum absolute atomic E-state index is 0.238. The maximum Gasteiger partial charge on any atom is 0.125 e. The lowest BCUT2D eigenvalue weighted by Crippen LogP contribution is -2.28. The van der Waals surface area contributed by atoms with Crippen LogP contribution >= 0.6 is 11.6 Å². The Morgan fingerprint density at radius 1 is 1.39 bits per heavy atom. The normalized spacial score (nSPS) is 11.9. The highest BCUT2D eigenvalue weighted by atomic mass is 35.5. The lowest BCUT2D eigenvalue weighted by molar-refractivity contribution is 0.0281. The van der Waals surface area contributed by atoms with Crippen molar-refractivity contribution in [1.29, 1.82) is 0 Å². The van der Waals surface area contributed by atoms with Gasteiger partial charge in [-0.15, -0.1) is 0 Å². The maximum atomic E-state index is 9.68. The lowest BCUT2D eigenvalue weighted by atomic mass is 10.1. The van der Waals surface area contributed by atoms with Gasteiger partial charge in [0.2, 0.25) is 0 Å². The molecule has 0 heterocycles. The molecule has 0 amide bonds. The number of ether oxygens (including phenoxy) is 1. The van der Waals surface area contributed by atoms with Crippen molar-refractivity contribution in [2.24, 2.45) is 0 Å². The SMILES string of the molecule is CC(C)NCc1c(Cl)cccc1OCC(C)(C)O. The van der Waals surface area contributed by atoms with Crippen LogP contribution in [-0.2, 0) is 6.54 Å². The molecule has 0 aliphatic rings. The van der Waals surface area contributed by atoms with Crippen LogP contribution in [0.15, 0.2) is 18.2 Å². The van der Waals surface area contributed by atoms with Crippen molar-refractivity contribution in [1.82, 2.24) is 5.32 Å². The molecular weight excluding hydrogens is 250 g/mol. The van der Waals surface area contributed by atoms with Gasteiger partial charge in [-0.1, -0.05) is 31.5 Å². The summed E-state index contributed by atoms with van der Waals surface area (Å²) in [7, 11) is 0. The van der Waals surface area contributed by atoms with Crippen LogP contribution in [0.25, 0.3) is 0 Å². The highest BCUT2D eigenvalue weighted by molar-refractivity contribution is 6.31. The molecule has 0 bridgehead atoms. The molecule has 2 N–H and O–H groups in total. The third-order valence-electron chi connectivity index (χ3n) is 2.34. The fourth-order valence-corrected chi connectivity index (χ4v) is 1.64. The molecule has 0 atom stereocenters. The number of aliphatic hydroxyl groups is 1. The predicted molar refractivity (Wildman–Crippen MR) is 75.2 cm³/mol.